The first-order valence-electron chi connectivity index (χ1n) is 7.15. The van der Waals surface area contributed by atoms with Gasteiger partial charge in [0.15, 0.2) is 5.69 Å². The molecule has 1 atom stereocenters. The van der Waals surface area contributed by atoms with Crippen molar-refractivity contribution < 1.29 is 14.7 Å². The monoisotopic (exact) mass is 316 g/mol. The van der Waals surface area contributed by atoms with Crippen LogP contribution in [0.5, 0.6) is 0 Å². The van der Waals surface area contributed by atoms with Gasteiger partial charge < -0.3 is 10.4 Å². The molecule has 6 heteroatoms. The van der Waals surface area contributed by atoms with Crippen molar-refractivity contribution in [3.63, 3.8) is 0 Å². The molecule has 1 aliphatic rings. The minimum Gasteiger partial charge on any atom is -0.476 e. The number of benzene rings is 1. The summed E-state index contributed by atoms with van der Waals surface area (Å²) in [6.45, 7) is 0.271. The van der Waals surface area contributed by atoms with E-state index in [1.54, 1.807) is 0 Å². The Morgan fingerprint density at radius 3 is 2.64 bits per heavy atom. The molecule has 0 aliphatic heterocycles. The Kier molecular flexibility index (Phi) is 4.20. The van der Waals surface area contributed by atoms with Crippen LogP contribution in [-0.2, 0) is 11.3 Å². The molecule has 2 N–H and O–H groups in total. The first kappa shape index (κ1) is 14.7. The zero-order valence-electron chi connectivity index (χ0n) is 11.9. The van der Waals surface area contributed by atoms with Gasteiger partial charge >= 0.3 is 5.97 Å². The van der Waals surface area contributed by atoms with E-state index in [1.807, 2.05) is 30.3 Å². The molecule has 1 aliphatic carbocycles. The second-order valence-corrected chi connectivity index (χ2v) is 6.32. The number of carbonyl (C=O) groups excluding carboxylic acids is 1. The van der Waals surface area contributed by atoms with E-state index in [1.165, 1.54) is 16.7 Å². The van der Waals surface area contributed by atoms with Crippen LogP contribution in [0.15, 0.2) is 35.7 Å². The fraction of sp³-hybridized carbons (Fsp3) is 0.312. The number of amides is 1. The van der Waals surface area contributed by atoms with E-state index in [2.05, 4.69) is 10.3 Å². The van der Waals surface area contributed by atoms with E-state index < -0.39 is 5.97 Å². The summed E-state index contributed by atoms with van der Waals surface area (Å²) in [5, 5.41) is 13.8. The highest BCUT2D eigenvalue weighted by molar-refractivity contribution is 7.09. The largest absolute Gasteiger partial charge is 0.476 e. The Morgan fingerprint density at radius 2 is 2.05 bits per heavy atom. The van der Waals surface area contributed by atoms with Crippen molar-refractivity contribution >= 4 is 23.2 Å². The lowest BCUT2D eigenvalue weighted by atomic mass is 9.93. The molecule has 0 bridgehead atoms. The molecule has 1 amide bonds. The van der Waals surface area contributed by atoms with Crippen molar-refractivity contribution in [3.05, 3.63) is 52.0 Å². The Hall–Kier alpha value is -2.21. The van der Waals surface area contributed by atoms with Crippen LogP contribution >= 0.6 is 11.3 Å². The fourth-order valence-corrected chi connectivity index (χ4v) is 3.20. The topological polar surface area (TPSA) is 79.3 Å². The summed E-state index contributed by atoms with van der Waals surface area (Å²) >= 11 is 1.24. The Morgan fingerprint density at radius 1 is 1.32 bits per heavy atom. The van der Waals surface area contributed by atoms with Crippen molar-refractivity contribution in [1.29, 1.82) is 0 Å². The van der Waals surface area contributed by atoms with Gasteiger partial charge in [0, 0.05) is 5.38 Å². The van der Waals surface area contributed by atoms with Gasteiger partial charge in [0.1, 0.15) is 5.01 Å². The maximum atomic E-state index is 12.5. The highest BCUT2D eigenvalue weighted by atomic mass is 32.1. The van der Waals surface area contributed by atoms with Crippen LogP contribution in [0.3, 0.4) is 0 Å². The van der Waals surface area contributed by atoms with Gasteiger partial charge in [0.05, 0.1) is 12.5 Å². The van der Waals surface area contributed by atoms with Crippen LogP contribution in [0.25, 0.3) is 0 Å². The predicted molar refractivity (Wildman–Crippen MR) is 82.8 cm³/mol. The number of aromatic nitrogens is 1. The summed E-state index contributed by atoms with van der Waals surface area (Å²) in [6.07, 6.45) is 2.15. The average molecular weight is 316 g/mol. The number of hydrogen-bond acceptors (Lipinski definition) is 4. The normalized spacial score (nSPS) is 15.3. The summed E-state index contributed by atoms with van der Waals surface area (Å²) in [4.78, 5) is 27.3. The van der Waals surface area contributed by atoms with Crippen molar-refractivity contribution in [2.24, 2.45) is 5.92 Å². The quantitative estimate of drug-likeness (QED) is 0.858. The van der Waals surface area contributed by atoms with E-state index in [0.717, 1.165) is 18.4 Å². The molecule has 0 radical (unpaired) electrons. The molecule has 1 aromatic carbocycles. The SMILES string of the molecule is O=C(O)c1csc(CNC(=O)C(c2ccccc2)C2CC2)n1. The fourth-order valence-electron chi connectivity index (χ4n) is 2.49. The number of carboxylic acids is 1. The third kappa shape index (κ3) is 3.33. The molecule has 1 heterocycles. The second kappa shape index (κ2) is 6.27. The molecule has 1 aromatic heterocycles. The van der Waals surface area contributed by atoms with E-state index in [4.69, 9.17) is 5.11 Å². The molecule has 2 aromatic rings. The number of carboxylic acid groups (broad SMARTS) is 1. The summed E-state index contributed by atoms with van der Waals surface area (Å²) in [5.41, 5.74) is 1.06. The second-order valence-electron chi connectivity index (χ2n) is 5.38. The van der Waals surface area contributed by atoms with Crippen molar-refractivity contribution in [1.82, 2.24) is 10.3 Å². The van der Waals surface area contributed by atoms with Gasteiger partial charge in [-0.25, -0.2) is 9.78 Å². The molecule has 114 valence electrons. The Labute approximate surface area is 132 Å². The molecule has 22 heavy (non-hydrogen) atoms. The summed E-state index contributed by atoms with van der Waals surface area (Å²) in [5.74, 6) is -0.775. The lowest BCUT2D eigenvalue weighted by molar-refractivity contribution is -0.123. The van der Waals surface area contributed by atoms with Crippen LogP contribution < -0.4 is 5.32 Å². The number of nitrogens with one attached hydrogen (secondary N) is 1. The van der Waals surface area contributed by atoms with Crippen molar-refractivity contribution in [2.75, 3.05) is 0 Å². The maximum Gasteiger partial charge on any atom is 0.355 e. The molecular weight excluding hydrogens is 300 g/mol. The maximum absolute atomic E-state index is 12.5. The smallest absolute Gasteiger partial charge is 0.355 e. The van der Waals surface area contributed by atoms with Gasteiger partial charge in [-0.1, -0.05) is 30.3 Å². The standard InChI is InChI=1S/C16H16N2O3S/c19-15(17-8-13-18-12(9-22-13)16(20)21)14(11-6-7-11)10-4-2-1-3-5-10/h1-5,9,11,14H,6-8H2,(H,17,19)(H,20,21). The van der Waals surface area contributed by atoms with Gasteiger partial charge in [-0.3, -0.25) is 4.79 Å². The highest BCUT2D eigenvalue weighted by Gasteiger charge is 2.37. The molecule has 3 rings (SSSR count). The Bertz CT molecular complexity index is 680. The van der Waals surface area contributed by atoms with Crippen LogP contribution in [0.1, 0.15) is 39.8 Å². The van der Waals surface area contributed by atoms with Gasteiger partial charge in [-0.15, -0.1) is 11.3 Å². The minimum atomic E-state index is -1.05. The van der Waals surface area contributed by atoms with Gasteiger partial charge in [-0.05, 0) is 24.3 Å². The van der Waals surface area contributed by atoms with Gasteiger partial charge in [0.2, 0.25) is 5.91 Å². The Balaban J connectivity index is 1.65. The summed E-state index contributed by atoms with van der Waals surface area (Å²) < 4.78 is 0. The highest BCUT2D eigenvalue weighted by Crippen LogP contribution is 2.42. The van der Waals surface area contributed by atoms with E-state index in [-0.39, 0.29) is 24.1 Å². The van der Waals surface area contributed by atoms with Crippen molar-refractivity contribution in [3.8, 4) is 0 Å². The van der Waals surface area contributed by atoms with E-state index >= 15 is 0 Å². The third-order valence-corrected chi connectivity index (χ3v) is 4.57. The lowest BCUT2D eigenvalue weighted by Crippen LogP contribution is -2.30. The molecule has 1 saturated carbocycles. The third-order valence-electron chi connectivity index (χ3n) is 3.72. The number of thiazole rings is 1. The summed E-state index contributed by atoms with van der Waals surface area (Å²) in [7, 11) is 0. The van der Waals surface area contributed by atoms with Crippen LogP contribution in [-0.4, -0.2) is 22.0 Å². The molecule has 5 nitrogen and oxygen atoms in total. The first-order chi connectivity index (χ1) is 10.6. The van der Waals surface area contributed by atoms with Gasteiger partial charge in [0.25, 0.3) is 0 Å². The van der Waals surface area contributed by atoms with E-state index in [9.17, 15) is 9.59 Å². The van der Waals surface area contributed by atoms with Crippen LogP contribution in [0, 0.1) is 5.92 Å². The average Bonchev–Trinajstić information content (AvgIpc) is 3.22. The molecule has 0 spiro atoms. The zero-order valence-corrected chi connectivity index (χ0v) is 12.7. The lowest BCUT2D eigenvalue weighted by Gasteiger charge is -2.16. The van der Waals surface area contributed by atoms with Crippen molar-refractivity contribution in [2.45, 2.75) is 25.3 Å². The molecule has 1 unspecified atom stereocenters. The molecule has 1 fully saturated rings. The number of rotatable bonds is 6. The van der Waals surface area contributed by atoms with E-state index in [0.29, 0.717) is 10.9 Å². The predicted octanol–water partition coefficient (Wildman–Crippen LogP) is 2.65. The van der Waals surface area contributed by atoms with Crippen LogP contribution in [0.4, 0.5) is 0 Å². The first-order valence-corrected chi connectivity index (χ1v) is 8.03. The minimum absolute atomic E-state index is 0.0132. The molecular formula is C16H16N2O3S. The van der Waals surface area contributed by atoms with Gasteiger partial charge in [-0.2, -0.15) is 0 Å². The zero-order chi connectivity index (χ0) is 15.5. The number of hydrogen-bond donors (Lipinski definition) is 2. The number of carbonyl (C=O) groups is 2. The van der Waals surface area contributed by atoms with Crippen LogP contribution in [0.2, 0.25) is 0 Å². The molecule has 0 saturated heterocycles. The number of nitrogens with zero attached hydrogens (tertiary/aromatic N) is 1. The number of aromatic carboxylic acids is 1. The summed E-state index contributed by atoms with van der Waals surface area (Å²) in [6, 6.07) is 9.78.